The number of hydrogen-bond donors (Lipinski definition) is 0. The first kappa shape index (κ1) is 9.68. The van der Waals surface area contributed by atoms with Crippen molar-refractivity contribution in [3.05, 3.63) is 34.3 Å². The van der Waals surface area contributed by atoms with Crippen LogP contribution in [0.5, 0.6) is 0 Å². The third kappa shape index (κ3) is 1.84. The highest BCUT2D eigenvalue weighted by molar-refractivity contribution is 9.10. The van der Waals surface area contributed by atoms with Crippen LogP contribution in [-0.4, -0.2) is 9.97 Å². The van der Waals surface area contributed by atoms with Crippen molar-refractivity contribution in [2.24, 2.45) is 0 Å². The maximum Gasteiger partial charge on any atom is 0.137 e. The molecule has 0 radical (unpaired) electrons. The lowest BCUT2D eigenvalue weighted by Gasteiger charge is -2.08. The summed E-state index contributed by atoms with van der Waals surface area (Å²) in [5.74, 6) is 0.160. The quantitative estimate of drug-likeness (QED) is 0.592. The molecule has 0 bridgehead atoms. The summed E-state index contributed by atoms with van der Waals surface area (Å²) in [4.78, 5) is 7.87. The van der Waals surface area contributed by atoms with E-state index in [0.29, 0.717) is 5.15 Å². The van der Waals surface area contributed by atoms with Crippen LogP contribution in [0.2, 0.25) is 5.15 Å². The van der Waals surface area contributed by atoms with Crippen LogP contribution < -0.4 is 0 Å². The van der Waals surface area contributed by atoms with Gasteiger partial charge in [-0.15, -0.1) is 6.58 Å². The first-order valence-electron chi connectivity index (χ1n) is 3.45. The third-order valence-electron chi connectivity index (χ3n) is 1.60. The largest absolute Gasteiger partial charge is 0.229 e. The van der Waals surface area contributed by atoms with Gasteiger partial charge in [0.2, 0.25) is 0 Å². The highest BCUT2D eigenvalue weighted by atomic mass is 79.9. The third-order valence-corrected chi connectivity index (χ3v) is 2.53. The number of allylic oxidation sites excluding steroid dienone is 1. The molecule has 1 aromatic heterocycles. The minimum Gasteiger partial charge on any atom is -0.229 e. The fourth-order valence-corrected chi connectivity index (χ4v) is 1.91. The highest BCUT2D eigenvalue weighted by Crippen LogP contribution is 2.28. The van der Waals surface area contributed by atoms with Gasteiger partial charge >= 0.3 is 0 Å². The molecule has 12 heavy (non-hydrogen) atoms. The van der Waals surface area contributed by atoms with Crippen LogP contribution in [0.3, 0.4) is 0 Å². The van der Waals surface area contributed by atoms with Crippen LogP contribution in [0.25, 0.3) is 0 Å². The van der Waals surface area contributed by atoms with Gasteiger partial charge in [-0.2, -0.15) is 0 Å². The molecule has 0 fully saturated rings. The Kier molecular flexibility index (Phi) is 3.23. The Bertz CT molecular complexity index is 281. The fraction of sp³-hybridized carbons (Fsp3) is 0.250. The molecule has 1 atom stereocenters. The van der Waals surface area contributed by atoms with Crippen molar-refractivity contribution >= 4 is 27.5 Å². The van der Waals surface area contributed by atoms with Crippen LogP contribution in [0, 0.1) is 0 Å². The Hall–Kier alpha value is -0.410. The summed E-state index contributed by atoms with van der Waals surface area (Å²) in [6, 6.07) is 0. The van der Waals surface area contributed by atoms with Crippen LogP contribution in [-0.2, 0) is 0 Å². The molecule has 1 unspecified atom stereocenters. The Morgan fingerprint density at radius 3 is 2.83 bits per heavy atom. The second-order valence-corrected chi connectivity index (χ2v) is 3.50. The van der Waals surface area contributed by atoms with Gasteiger partial charge in [-0.3, -0.25) is 0 Å². The summed E-state index contributed by atoms with van der Waals surface area (Å²) in [5, 5.41) is 0.476. The summed E-state index contributed by atoms with van der Waals surface area (Å²) in [7, 11) is 0. The van der Waals surface area contributed by atoms with Gasteiger partial charge in [-0.05, 0) is 15.9 Å². The molecule has 1 aromatic rings. The summed E-state index contributed by atoms with van der Waals surface area (Å²) in [6.07, 6.45) is 3.22. The minimum absolute atomic E-state index is 0.160. The minimum atomic E-state index is 0.160. The van der Waals surface area contributed by atoms with E-state index in [4.69, 9.17) is 11.6 Å². The molecule has 0 N–H and O–H groups in total. The Morgan fingerprint density at radius 1 is 1.67 bits per heavy atom. The van der Waals surface area contributed by atoms with E-state index < -0.39 is 0 Å². The lowest BCUT2D eigenvalue weighted by molar-refractivity contribution is 0.919. The highest BCUT2D eigenvalue weighted by Gasteiger charge is 2.11. The van der Waals surface area contributed by atoms with Gasteiger partial charge in [0.1, 0.15) is 16.1 Å². The first-order chi connectivity index (χ1) is 5.66. The maximum absolute atomic E-state index is 5.87. The molecule has 64 valence electrons. The van der Waals surface area contributed by atoms with Crippen LogP contribution in [0.1, 0.15) is 18.4 Å². The van der Waals surface area contributed by atoms with Gasteiger partial charge < -0.3 is 0 Å². The zero-order chi connectivity index (χ0) is 9.14. The summed E-state index contributed by atoms with van der Waals surface area (Å²) >= 11 is 9.18. The monoisotopic (exact) mass is 246 g/mol. The number of aromatic nitrogens is 2. The number of nitrogens with zero attached hydrogens (tertiary/aromatic N) is 2. The van der Waals surface area contributed by atoms with Crippen molar-refractivity contribution in [1.82, 2.24) is 9.97 Å². The van der Waals surface area contributed by atoms with Gasteiger partial charge in [0, 0.05) is 11.5 Å². The zero-order valence-corrected chi connectivity index (χ0v) is 8.93. The molecule has 4 heteroatoms. The molecule has 0 aliphatic rings. The van der Waals surface area contributed by atoms with E-state index in [2.05, 4.69) is 32.5 Å². The van der Waals surface area contributed by atoms with Crippen molar-refractivity contribution in [2.75, 3.05) is 0 Å². The fourth-order valence-electron chi connectivity index (χ4n) is 0.848. The SMILES string of the molecule is C=CC(C)c1c(Cl)ncnc1Br. The molecule has 2 nitrogen and oxygen atoms in total. The van der Waals surface area contributed by atoms with E-state index in [9.17, 15) is 0 Å². The zero-order valence-electron chi connectivity index (χ0n) is 6.59. The molecular formula is C8H8BrClN2. The Labute approximate surface area is 84.8 Å². The average molecular weight is 248 g/mol. The van der Waals surface area contributed by atoms with Crippen LogP contribution in [0.15, 0.2) is 23.6 Å². The van der Waals surface area contributed by atoms with E-state index in [1.165, 1.54) is 6.33 Å². The molecule has 0 aliphatic heterocycles. The molecule has 0 amide bonds. The second-order valence-electron chi connectivity index (χ2n) is 2.39. The Balaban J connectivity index is 3.20. The van der Waals surface area contributed by atoms with E-state index in [1.807, 2.05) is 6.92 Å². The van der Waals surface area contributed by atoms with Crippen molar-refractivity contribution in [1.29, 1.82) is 0 Å². The van der Waals surface area contributed by atoms with Gasteiger partial charge in [-0.1, -0.05) is 24.6 Å². The first-order valence-corrected chi connectivity index (χ1v) is 4.62. The number of halogens is 2. The molecule has 0 saturated carbocycles. The van der Waals surface area contributed by atoms with Crippen molar-refractivity contribution in [3.8, 4) is 0 Å². The molecule has 0 saturated heterocycles. The van der Waals surface area contributed by atoms with E-state index >= 15 is 0 Å². The average Bonchev–Trinajstić information content (AvgIpc) is 2.03. The van der Waals surface area contributed by atoms with Crippen molar-refractivity contribution in [3.63, 3.8) is 0 Å². The van der Waals surface area contributed by atoms with E-state index in [0.717, 1.165) is 10.2 Å². The lowest BCUT2D eigenvalue weighted by Crippen LogP contribution is -1.96. The molecule has 1 rings (SSSR count). The topological polar surface area (TPSA) is 25.8 Å². The predicted molar refractivity (Wildman–Crippen MR) is 53.4 cm³/mol. The standard InChI is InChI=1S/C8H8BrClN2/c1-3-5(2)6-7(9)11-4-12-8(6)10/h3-5H,1H2,2H3. The normalized spacial score (nSPS) is 12.6. The van der Waals surface area contributed by atoms with Crippen molar-refractivity contribution < 1.29 is 0 Å². The van der Waals surface area contributed by atoms with Gasteiger partial charge in [0.15, 0.2) is 0 Å². The van der Waals surface area contributed by atoms with Crippen LogP contribution in [0.4, 0.5) is 0 Å². The van der Waals surface area contributed by atoms with Gasteiger partial charge in [-0.25, -0.2) is 9.97 Å². The molecule has 0 spiro atoms. The van der Waals surface area contributed by atoms with E-state index in [1.54, 1.807) is 6.08 Å². The second kappa shape index (κ2) is 4.01. The van der Waals surface area contributed by atoms with Gasteiger partial charge in [0.25, 0.3) is 0 Å². The molecular weight excluding hydrogens is 239 g/mol. The molecule has 1 heterocycles. The van der Waals surface area contributed by atoms with Crippen LogP contribution >= 0.6 is 27.5 Å². The van der Waals surface area contributed by atoms with E-state index in [-0.39, 0.29) is 5.92 Å². The predicted octanol–water partition coefficient (Wildman–Crippen LogP) is 3.18. The number of hydrogen-bond acceptors (Lipinski definition) is 2. The molecule has 0 aromatic carbocycles. The Morgan fingerprint density at radius 2 is 2.33 bits per heavy atom. The lowest BCUT2D eigenvalue weighted by atomic mass is 10.1. The van der Waals surface area contributed by atoms with Crippen molar-refractivity contribution in [2.45, 2.75) is 12.8 Å². The summed E-state index contributed by atoms with van der Waals surface area (Å²) in [5.41, 5.74) is 0.883. The maximum atomic E-state index is 5.87. The summed E-state index contributed by atoms with van der Waals surface area (Å²) < 4.78 is 0.731. The smallest absolute Gasteiger partial charge is 0.137 e. The molecule has 0 aliphatic carbocycles. The summed E-state index contributed by atoms with van der Waals surface area (Å²) in [6.45, 7) is 5.67. The number of rotatable bonds is 2. The van der Waals surface area contributed by atoms with Gasteiger partial charge in [0.05, 0.1) is 0 Å².